The lowest BCUT2D eigenvalue weighted by molar-refractivity contribution is -0.140. The summed E-state index contributed by atoms with van der Waals surface area (Å²) in [6.07, 6.45) is -4.96. The van der Waals surface area contributed by atoms with Gasteiger partial charge in [-0.3, -0.25) is 4.79 Å². The Morgan fingerprint density at radius 3 is 2.18 bits per heavy atom. The number of benzene rings is 1. The summed E-state index contributed by atoms with van der Waals surface area (Å²) in [7, 11) is -4.47. The molecule has 124 valence electrons. The third-order valence-corrected chi connectivity index (χ3v) is 4.21. The second-order valence-corrected chi connectivity index (χ2v) is 6.53. The van der Waals surface area contributed by atoms with Gasteiger partial charge in [-0.2, -0.15) is 17.9 Å². The monoisotopic (exact) mass is 343 g/mol. The number of sulfonamides is 1. The highest BCUT2D eigenvalue weighted by molar-refractivity contribution is 7.89. The number of rotatable bonds is 5. The molecular weight excluding hydrogens is 330 g/mol. The highest BCUT2D eigenvalue weighted by Crippen LogP contribution is 2.32. The fourth-order valence-electron chi connectivity index (χ4n) is 1.60. The highest BCUT2D eigenvalue weighted by atomic mass is 32.2. The van der Waals surface area contributed by atoms with Crippen molar-refractivity contribution in [2.24, 2.45) is 5.92 Å². The van der Waals surface area contributed by atoms with Crippen LogP contribution in [-0.4, -0.2) is 25.5 Å². The minimum absolute atomic E-state index is 0.199. The van der Waals surface area contributed by atoms with Gasteiger partial charge in [0.1, 0.15) is 11.9 Å². The van der Waals surface area contributed by atoms with E-state index in [1.807, 2.05) is 4.72 Å². The molecule has 22 heavy (non-hydrogen) atoms. The molecule has 1 aromatic rings. The van der Waals surface area contributed by atoms with E-state index in [0.717, 1.165) is 0 Å². The summed E-state index contributed by atoms with van der Waals surface area (Å²) in [5.74, 6) is -3.83. The Morgan fingerprint density at radius 2 is 1.82 bits per heavy atom. The van der Waals surface area contributed by atoms with Crippen LogP contribution >= 0.6 is 0 Å². The lowest BCUT2D eigenvalue weighted by Gasteiger charge is -2.18. The van der Waals surface area contributed by atoms with Crippen molar-refractivity contribution in [1.29, 1.82) is 0 Å². The number of halogens is 4. The smallest absolute Gasteiger partial charge is 0.419 e. The Morgan fingerprint density at radius 1 is 1.27 bits per heavy atom. The molecule has 1 rings (SSSR count). The fraction of sp³-hybridized carbons (Fsp3) is 0.417. The summed E-state index contributed by atoms with van der Waals surface area (Å²) in [4.78, 5) is 10.2. The van der Waals surface area contributed by atoms with Crippen LogP contribution in [0.2, 0.25) is 0 Å². The van der Waals surface area contributed by atoms with Crippen molar-refractivity contribution in [2.45, 2.75) is 31.0 Å². The standard InChI is InChI=1S/C12H13F4NO4S/c1-6(2)10(11(18)19)17-22(20,21)7-3-4-8(9(13)5-7)12(14,15)16/h3-6,10,17H,1-2H3,(H,18,19)/t10-/m1/s1. The van der Waals surface area contributed by atoms with Gasteiger partial charge in [-0.15, -0.1) is 0 Å². The van der Waals surface area contributed by atoms with E-state index in [9.17, 15) is 30.8 Å². The first-order valence-corrected chi connectivity index (χ1v) is 7.46. The maximum atomic E-state index is 13.4. The quantitative estimate of drug-likeness (QED) is 0.803. The zero-order valence-electron chi connectivity index (χ0n) is 11.5. The van der Waals surface area contributed by atoms with E-state index in [2.05, 4.69) is 0 Å². The normalized spacial score (nSPS) is 14.1. The third kappa shape index (κ3) is 4.17. The second kappa shape index (κ2) is 6.21. The van der Waals surface area contributed by atoms with E-state index in [4.69, 9.17) is 5.11 Å². The second-order valence-electron chi connectivity index (χ2n) is 4.82. The van der Waals surface area contributed by atoms with Gasteiger partial charge in [0.25, 0.3) is 0 Å². The van der Waals surface area contributed by atoms with Crippen molar-refractivity contribution >= 4 is 16.0 Å². The molecule has 0 aliphatic heterocycles. The molecule has 0 aliphatic rings. The molecule has 5 nitrogen and oxygen atoms in total. The van der Waals surface area contributed by atoms with Crippen LogP contribution in [0.15, 0.2) is 23.1 Å². The van der Waals surface area contributed by atoms with Gasteiger partial charge in [-0.1, -0.05) is 13.8 Å². The molecule has 0 saturated carbocycles. The van der Waals surface area contributed by atoms with E-state index >= 15 is 0 Å². The Balaban J connectivity index is 3.19. The number of hydrogen-bond donors (Lipinski definition) is 2. The molecule has 0 saturated heterocycles. The molecular formula is C12H13F4NO4S. The Kier molecular flexibility index (Phi) is 5.18. The van der Waals surface area contributed by atoms with Crippen LogP contribution in [-0.2, 0) is 21.0 Å². The molecule has 0 fully saturated rings. The lowest BCUT2D eigenvalue weighted by Crippen LogP contribution is -2.44. The van der Waals surface area contributed by atoms with Gasteiger partial charge in [-0.05, 0) is 24.1 Å². The summed E-state index contributed by atoms with van der Waals surface area (Å²) >= 11 is 0. The Bertz CT molecular complexity index is 670. The van der Waals surface area contributed by atoms with Crippen LogP contribution in [0, 0.1) is 11.7 Å². The number of nitrogens with one attached hydrogen (secondary N) is 1. The van der Waals surface area contributed by atoms with Crippen LogP contribution in [0.1, 0.15) is 19.4 Å². The van der Waals surface area contributed by atoms with Gasteiger partial charge < -0.3 is 5.11 Å². The average molecular weight is 343 g/mol. The lowest BCUT2D eigenvalue weighted by atomic mass is 10.1. The number of alkyl halides is 3. The fourth-order valence-corrected chi connectivity index (χ4v) is 2.95. The highest BCUT2D eigenvalue weighted by Gasteiger charge is 2.35. The minimum atomic E-state index is -4.96. The third-order valence-electron chi connectivity index (χ3n) is 2.77. The predicted octanol–water partition coefficient (Wildman–Crippen LogP) is 2.23. The van der Waals surface area contributed by atoms with Crippen molar-refractivity contribution in [2.75, 3.05) is 0 Å². The van der Waals surface area contributed by atoms with Crippen LogP contribution in [0.5, 0.6) is 0 Å². The van der Waals surface area contributed by atoms with Crippen molar-refractivity contribution in [1.82, 2.24) is 4.72 Å². The molecule has 0 heterocycles. The zero-order valence-corrected chi connectivity index (χ0v) is 12.3. The van der Waals surface area contributed by atoms with Crippen molar-refractivity contribution < 1.29 is 35.9 Å². The largest absolute Gasteiger partial charge is 0.480 e. The summed E-state index contributed by atoms with van der Waals surface area (Å²) in [5, 5.41) is 8.91. The number of aliphatic carboxylic acids is 1. The minimum Gasteiger partial charge on any atom is -0.480 e. The van der Waals surface area contributed by atoms with E-state index < -0.39 is 50.4 Å². The van der Waals surface area contributed by atoms with Crippen LogP contribution in [0.4, 0.5) is 17.6 Å². The summed E-state index contributed by atoms with van der Waals surface area (Å²) in [6, 6.07) is -0.442. The predicted molar refractivity (Wildman–Crippen MR) is 68.0 cm³/mol. The summed E-state index contributed by atoms with van der Waals surface area (Å²) < 4.78 is 76.4. The van der Waals surface area contributed by atoms with Crippen LogP contribution < -0.4 is 4.72 Å². The summed E-state index contributed by atoms with van der Waals surface area (Å²) in [5.41, 5.74) is -1.61. The van der Waals surface area contributed by atoms with Gasteiger partial charge in [0.05, 0.1) is 10.5 Å². The number of carbonyl (C=O) groups is 1. The van der Waals surface area contributed by atoms with E-state index in [1.165, 1.54) is 13.8 Å². The van der Waals surface area contributed by atoms with Gasteiger partial charge in [-0.25, -0.2) is 12.8 Å². The van der Waals surface area contributed by atoms with Gasteiger partial charge in [0, 0.05) is 0 Å². The molecule has 10 heteroatoms. The molecule has 1 atom stereocenters. The molecule has 0 amide bonds. The van der Waals surface area contributed by atoms with Crippen molar-refractivity contribution in [3.05, 3.63) is 29.6 Å². The molecule has 0 bridgehead atoms. The zero-order chi connectivity index (χ0) is 17.3. The van der Waals surface area contributed by atoms with Gasteiger partial charge >= 0.3 is 12.1 Å². The van der Waals surface area contributed by atoms with Gasteiger partial charge in [0.2, 0.25) is 10.0 Å². The van der Waals surface area contributed by atoms with Crippen LogP contribution in [0.3, 0.4) is 0 Å². The average Bonchev–Trinajstić information content (AvgIpc) is 2.33. The van der Waals surface area contributed by atoms with E-state index in [-0.39, 0.29) is 12.1 Å². The Labute approximate surface area is 124 Å². The maximum absolute atomic E-state index is 13.4. The Hall–Kier alpha value is -1.68. The molecule has 0 aliphatic carbocycles. The molecule has 2 N–H and O–H groups in total. The van der Waals surface area contributed by atoms with Gasteiger partial charge in [0.15, 0.2) is 0 Å². The number of carboxylic acid groups (broad SMARTS) is 1. The molecule has 0 radical (unpaired) electrons. The topological polar surface area (TPSA) is 83.5 Å². The number of hydrogen-bond acceptors (Lipinski definition) is 3. The molecule has 0 spiro atoms. The van der Waals surface area contributed by atoms with E-state index in [1.54, 1.807) is 0 Å². The van der Waals surface area contributed by atoms with Crippen molar-refractivity contribution in [3.8, 4) is 0 Å². The first-order chi connectivity index (χ1) is 9.86. The summed E-state index contributed by atoms with van der Waals surface area (Å²) in [6.45, 7) is 2.88. The first-order valence-electron chi connectivity index (χ1n) is 5.98. The maximum Gasteiger partial charge on any atom is 0.419 e. The molecule has 0 unspecified atom stereocenters. The van der Waals surface area contributed by atoms with Crippen molar-refractivity contribution in [3.63, 3.8) is 0 Å². The van der Waals surface area contributed by atoms with E-state index in [0.29, 0.717) is 6.07 Å². The SMILES string of the molecule is CC(C)[C@@H](NS(=O)(=O)c1ccc(C(F)(F)F)c(F)c1)C(=O)O. The first kappa shape index (κ1) is 18.4. The number of carboxylic acids is 1. The molecule has 0 aromatic heterocycles. The molecule has 1 aromatic carbocycles. The van der Waals surface area contributed by atoms with Crippen LogP contribution in [0.25, 0.3) is 0 Å².